The van der Waals surface area contributed by atoms with Crippen LogP contribution in [0.15, 0.2) is 219 Å². The fraction of sp³-hybridized carbons (Fsp3) is 0.0462. The van der Waals surface area contributed by atoms with Gasteiger partial charge in [0.15, 0.2) is 0 Å². The van der Waals surface area contributed by atoms with Crippen LogP contribution in [0.3, 0.4) is 0 Å². The number of fused-ring (bicyclic) bond motifs is 5. The highest BCUT2D eigenvalue weighted by Crippen LogP contribution is 2.58. The van der Waals surface area contributed by atoms with Crippen molar-refractivity contribution in [2.75, 3.05) is 0 Å². The van der Waals surface area contributed by atoms with E-state index < -0.39 is 5.41 Å². The van der Waals surface area contributed by atoms with Crippen molar-refractivity contribution < 1.29 is 9.47 Å². The Morgan fingerprint density at radius 1 is 0.391 bits per heavy atom. The standard InChI is InChI=1S/C65H44N2O2/c1-3-43-5-9-47(10-6-43)41-68-59-29-23-51-33-57(27-21-53(51)35-59)65(58-28-22-54-36-60(30-24-52(54)34-58)69-42-48-11-7-44(4-2)8-12-48)63-37-55(49-17-13-45(39-66)14-18-49)25-31-61(63)62-32-26-56(38-64(62)65)50-19-15-46(40-67)16-20-50/h3-38H,1-2,41-42H2. The zero-order chi connectivity index (χ0) is 46.9. The van der Waals surface area contributed by atoms with E-state index in [1.807, 2.05) is 60.7 Å². The van der Waals surface area contributed by atoms with Gasteiger partial charge in [0.25, 0.3) is 0 Å². The molecule has 0 heterocycles. The lowest BCUT2D eigenvalue weighted by Gasteiger charge is -2.35. The summed E-state index contributed by atoms with van der Waals surface area (Å²) in [5.74, 6) is 1.61. The van der Waals surface area contributed by atoms with E-state index in [0.29, 0.717) is 24.3 Å². The van der Waals surface area contributed by atoms with Crippen LogP contribution < -0.4 is 9.47 Å². The van der Waals surface area contributed by atoms with E-state index >= 15 is 0 Å². The normalized spacial score (nSPS) is 12.1. The molecule has 0 amide bonds. The first-order chi connectivity index (χ1) is 33.9. The summed E-state index contributed by atoms with van der Waals surface area (Å²) in [4.78, 5) is 0. The summed E-state index contributed by atoms with van der Waals surface area (Å²) in [6.45, 7) is 8.67. The number of nitriles is 2. The molecule has 69 heavy (non-hydrogen) atoms. The second-order valence-corrected chi connectivity index (χ2v) is 17.6. The largest absolute Gasteiger partial charge is 0.489 e. The van der Waals surface area contributed by atoms with Crippen LogP contribution in [0, 0.1) is 22.7 Å². The van der Waals surface area contributed by atoms with Crippen LogP contribution in [0.1, 0.15) is 55.6 Å². The molecular weight excluding hydrogens is 841 g/mol. The van der Waals surface area contributed by atoms with E-state index in [1.54, 1.807) is 0 Å². The summed E-state index contributed by atoms with van der Waals surface area (Å²) >= 11 is 0. The van der Waals surface area contributed by atoms with Gasteiger partial charge in [0.2, 0.25) is 0 Å². The van der Waals surface area contributed by atoms with Gasteiger partial charge in [0.05, 0.1) is 28.7 Å². The fourth-order valence-corrected chi connectivity index (χ4v) is 9.87. The van der Waals surface area contributed by atoms with Crippen molar-refractivity contribution in [3.05, 3.63) is 275 Å². The van der Waals surface area contributed by atoms with Gasteiger partial charge in [0.1, 0.15) is 24.7 Å². The van der Waals surface area contributed by atoms with Gasteiger partial charge in [-0.2, -0.15) is 10.5 Å². The van der Waals surface area contributed by atoms with E-state index in [4.69, 9.17) is 9.47 Å². The Balaban J connectivity index is 1.08. The molecule has 10 aromatic rings. The first-order valence-electron chi connectivity index (χ1n) is 23.0. The molecule has 4 heteroatoms. The molecule has 0 N–H and O–H groups in total. The molecule has 11 rings (SSSR count). The first kappa shape index (κ1) is 42.4. The molecule has 0 saturated carbocycles. The van der Waals surface area contributed by atoms with Crippen LogP contribution in [0.25, 0.3) is 67.1 Å². The third-order valence-electron chi connectivity index (χ3n) is 13.6. The van der Waals surface area contributed by atoms with Gasteiger partial charge in [-0.05, 0) is 172 Å². The summed E-state index contributed by atoms with van der Waals surface area (Å²) in [6, 6.07) is 76.7. The summed E-state index contributed by atoms with van der Waals surface area (Å²) in [7, 11) is 0. The van der Waals surface area contributed by atoms with Crippen molar-refractivity contribution >= 4 is 33.7 Å². The van der Waals surface area contributed by atoms with Gasteiger partial charge >= 0.3 is 0 Å². The van der Waals surface area contributed by atoms with Gasteiger partial charge in [-0.1, -0.05) is 159 Å². The van der Waals surface area contributed by atoms with Crippen LogP contribution in [0.2, 0.25) is 0 Å². The highest BCUT2D eigenvalue weighted by molar-refractivity contribution is 5.94. The zero-order valence-corrected chi connectivity index (χ0v) is 37.8. The van der Waals surface area contributed by atoms with E-state index in [1.165, 1.54) is 11.1 Å². The Bertz CT molecular complexity index is 3460. The topological polar surface area (TPSA) is 66.0 Å². The number of nitrogens with zero attached hydrogens (tertiary/aromatic N) is 2. The third-order valence-corrected chi connectivity index (χ3v) is 13.6. The maximum Gasteiger partial charge on any atom is 0.120 e. The van der Waals surface area contributed by atoms with E-state index in [2.05, 4.69) is 183 Å². The maximum absolute atomic E-state index is 9.66. The lowest BCUT2D eigenvalue weighted by atomic mass is 9.66. The number of benzene rings is 10. The molecule has 1 aliphatic carbocycles. The van der Waals surface area contributed by atoms with E-state index in [9.17, 15) is 10.5 Å². The van der Waals surface area contributed by atoms with Crippen LogP contribution in [0.4, 0.5) is 0 Å². The SMILES string of the molecule is C=Cc1ccc(COc2ccc3cc(C4(c5ccc6cc(OCc7ccc(C=C)cc7)ccc6c5)c5cc(-c6ccc(C#N)cc6)ccc5-c5ccc(-c6ccc(C#N)cc6)cc54)ccc3c2)cc1. The molecule has 0 fully saturated rings. The molecule has 326 valence electrons. The molecule has 10 aromatic carbocycles. The van der Waals surface area contributed by atoms with Gasteiger partial charge in [-0.15, -0.1) is 0 Å². The molecule has 4 nitrogen and oxygen atoms in total. The minimum Gasteiger partial charge on any atom is -0.489 e. The Morgan fingerprint density at radius 3 is 1.16 bits per heavy atom. The van der Waals surface area contributed by atoms with Crippen LogP contribution >= 0.6 is 0 Å². The minimum atomic E-state index is -0.780. The Hall–Kier alpha value is -9.22. The predicted molar refractivity (Wildman–Crippen MR) is 281 cm³/mol. The molecule has 0 atom stereocenters. The highest BCUT2D eigenvalue weighted by atomic mass is 16.5. The molecule has 0 radical (unpaired) electrons. The second kappa shape index (κ2) is 17.9. The number of hydrogen-bond acceptors (Lipinski definition) is 4. The highest BCUT2D eigenvalue weighted by Gasteiger charge is 2.47. The smallest absolute Gasteiger partial charge is 0.120 e. The number of rotatable bonds is 12. The first-order valence-corrected chi connectivity index (χ1v) is 23.0. The van der Waals surface area contributed by atoms with Crippen LogP contribution in [-0.4, -0.2) is 0 Å². The predicted octanol–water partition coefficient (Wildman–Crippen LogP) is 15.9. The second-order valence-electron chi connectivity index (χ2n) is 17.6. The molecule has 0 spiro atoms. The van der Waals surface area contributed by atoms with Gasteiger partial charge in [-0.25, -0.2) is 0 Å². The Kier molecular flexibility index (Phi) is 11.0. The molecular formula is C65H44N2O2. The minimum absolute atomic E-state index is 0.459. The molecule has 0 unspecified atom stereocenters. The maximum atomic E-state index is 9.66. The quantitative estimate of drug-likeness (QED) is 0.123. The molecule has 0 aliphatic heterocycles. The van der Waals surface area contributed by atoms with Crippen molar-refractivity contribution in [1.82, 2.24) is 0 Å². The van der Waals surface area contributed by atoms with Crippen molar-refractivity contribution in [2.45, 2.75) is 18.6 Å². The summed E-state index contributed by atoms with van der Waals surface area (Å²) < 4.78 is 12.7. The van der Waals surface area contributed by atoms with Gasteiger partial charge < -0.3 is 9.47 Å². The molecule has 0 bridgehead atoms. The van der Waals surface area contributed by atoms with Crippen molar-refractivity contribution in [3.63, 3.8) is 0 Å². The lowest BCUT2D eigenvalue weighted by Crippen LogP contribution is -2.28. The average molecular weight is 885 g/mol. The summed E-state index contributed by atoms with van der Waals surface area (Å²) in [6.07, 6.45) is 3.69. The van der Waals surface area contributed by atoms with E-state index in [0.717, 1.165) is 99.8 Å². The molecule has 0 saturated heterocycles. The van der Waals surface area contributed by atoms with Gasteiger partial charge in [0, 0.05) is 0 Å². The fourth-order valence-electron chi connectivity index (χ4n) is 9.87. The summed E-state index contributed by atoms with van der Waals surface area (Å²) in [5, 5.41) is 23.7. The van der Waals surface area contributed by atoms with Crippen molar-refractivity contribution in [1.29, 1.82) is 10.5 Å². The Labute approximate surface area is 402 Å². The van der Waals surface area contributed by atoms with E-state index in [-0.39, 0.29) is 0 Å². The van der Waals surface area contributed by atoms with Crippen molar-refractivity contribution in [3.8, 4) is 57.0 Å². The average Bonchev–Trinajstić information content (AvgIpc) is 3.71. The lowest BCUT2D eigenvalue weighted by molar-refractivity contribution is 0.306. The number of ether oxygens (including phenoxy) is 2. The van der Waals surface area contributed by atoms with Crippen LogP contribution in [0.5, 0.6) is 11.5 Å². The van der Waals surface area contributed by atoms with Crippen molar-refractivity contribution in [2.24, 2.45) is 0 Å². The number of hydrogen-bond donors (Lipinski definition) is 0. The summed E-state index contributed by atoms with van der Waals surface area (Å²) in [5.41, 5.74) is 15.9. The van der Waals surface area contributed by atoms with Gasteiger partial charge in [-0.3, -0.25) is 0 Å². The zero-order valence-electron chi connectivity index (χ0n) is 37.8. The Morgan fingerprint density at radius 2 is 0.768 bits per heavy atom. The molecule has 0 aromatic heterocycles. The van der Waals surface area contributed by atoms with Crippen LogP contribution in [-0.2, 0) is 18.6 Å². The monoisotopic (exact) mass is 884 g/mol. The third kappa shape index (κ3) is 7.91. The molecule has 1 aliphatic rings.